The van der Waals surface area contributed by atoms with Crippen LogP contribution in [-0.4, -0.2) is 37.6 Å². The second-order valence-corrected chi connectivity index (χ2v) is 9.33. The van der Waals surface area contributed by atoms with Gasteiger partial charge in [0.15, 0.2) is 5.16 Å². The molecule has 0 radical (unpaired) electrons. The molecule has 0 aliphatic carbocycles. The van der Waals surface area contributed by atoms with Crippen molar-refractivity contribution in [1.29, 1.82) is 0 Å². The molecule has 2 aliphatic rings. The lowest BCUT2D eigenvalue weighted by atomic mass is 9.91. The van der Waals surface area contributed by atoms with Gasteiger partial charge in [0.2, 0.25) is 0 Å². The zero-order valence-corrected chi connectivity index (χ0v) is 17.7. The summed E-state index contributed by atoms with van der Waals surface area (Å²) in [5, 5.41) is 4.64. The maximum Gasteiger partial charge on any atom is 0.425 e. The first-order chi connectivity index (χ1) is 14.0. The number of nitrogens with one attached hydrogen (secondary N) is 2. The molecule has 3 heterocycles. The van der Waals surface area contributed by atoms with E-state index in [-0.39, 0.29) is 23.1 Å². The van der Waals surface area contributed by atoms with Crippen molar-refractivity contribution < 1.29 is 22.8 Å². The van der Waals surface area contributed by atoms with Gasteiger partial charge in [-0.15, -0.1) is 0 Å². The SMILES string of the molecule is C[C@@]1(CBr)Cn2c(nc(=O)c3c2NC(=O)[C@]3(NC(=O)c2ccccc2)C(F)(F)F)S1. The number of halogens is 4. The number of carbonyl (C=O) groups is 2. The zero-order valence-electron chi connectivity index (χ0n) is 15.3. The Morgan fingerprint density at radius 1 is 1.33 bits per heavy atom. The highest BCUT2D eigenvalue weighted by Gasteiger charge is 2.69. The number of amides is 2. The Hall–Kier alpha value is -2.34. The third kappa shape index (κ3) is 2.96. The summed E-state index contributed by atoms with van der Waals surface area (Å²) in [4.78, 5) is 41.8. The van der Waals surface area contributed by atoms with Crippen LogP contribution in [0.4, 0.5) is 19.0 Å². The van der Waals surface area contributed by atoms with E-state index in [0.29, 0.717) is 5.33 Å². The first kappa shape index (κ1) is 20.9. The summed E-state index contributed by atoms with van der Waals surface area (Å²) in [6.07, 6.45) is -5.28. The summed E-state index contributed by atoms with van der Waals surface area (Å²) in [5.74, 6) is -2.98. The largest absolute Gasteiger partial charge is 0.425 e. The van der Waals surface area contributed by atoms with Gasteiger partial charge in [0.25, 0.3) is 22.9 Å². The van der Waals surface area contributed by atoms with Crippen molar-refractivity contribution >= 4 is 45.3 Å². The lowest BCUT2D eigenvalue weighted by Crippen LogP contribution is -2.61. The average molecular weight is 503 g/mol. The van der Waals surface area contributed by atoms with Crippen molar-refractivity contribution in [3.05, 3.63) is 51.8 Å². The maximum absolute atomic E-state index is 14.3. The van der Waals surface area contributed by atoms with E-state index in [1.54, 1.807) is 11.4 Å². The highest BCUT2D eigenvalue weighted by atomic mass is 79.9. The van der Waals surface area contributed by atoms with Crippen molar-refractivity contribution in [2.24, 2.45) is 0 Å². The molecule has 0 spiro atoms. The number of hydrogen-bond donors (Lipinski definition) is 2. The van der Waals surface area contributed by atoms with Crippen molar-refractivity contribution in [2.45, 2.75) is 35.1 Å². The van der Waals surface area contributed by atoms with Crippen LogP contribution in [0.3, 0.4) is 0 Å². The van der Waals surface area contributed by atoms with Crippen molar-refractivity contribution in [2.75, 3.05) is 10.6 Å². The lowest BCUT2D eigenvalue weighted by Gasteiger charge is -2.30. The Bertz CT molecular complexity index is 1120. The molecule has 30 heavy (non-hydrogen) atoms. The van der Waals surface area contributed by atoms with E-state index in [2.05, 4.69) is 26.2 Å². The van der Waals surface area contributed by atoms with Gasteiger partial charge in [-0.2, -0.15) is 18.2 Å². The molecule has 2 aromatic rings. The summed E-state index contributed by atoms with van der Waals surface area (Å²) in [6.45, 7) is 2.07. The summed E-state index contributed by atoms with van der Waals surface area (Å²) < 4.78 is 43.8. The number of nitrogens with zero attached hydrogens (tertiary/aromatic N) is 2. The molecule has 0 fully saturated rings. The van der Waals surface area contributed by atoms with Gasteiger partial charge in [0.05, 0.1) is 0 Å². The third-order valence-electron chi connectivity index (χ3n) is 4.97. The number of thioether (sulfide) groups is 1. The standard InChI is InChI=1S/C18H14BrF3N4O3S/c1-16(7-19)8-26-11-10(13(28)24-15(26)30-16)17(14(29)23-11,18(20,21)22)25-12(27)9-5-3-2-4-6-9/h2-6H,7-8H2,1H3,(H,23,29)(H,25,27)/t16-,17+/m1/s1. The fraction of sp³-hybridized carbons (Fsp3) is 0.333. The predicted molar refractivity (Wildman–Crippen MR) is 107 cm³/mol. The fourth-order valence-electron chi connectivity index (χ4n) is 3.49. The van der Waals surface area contributed by atoms with Crippen LogP contribution in [0.15, 0.2) is 40.3 Å². The Labute approximate surface area is 180 Å². The molecular formula is C18H14BrF3N4O3S. The first-order valence-corrected chi connectivity index (χ1v) is 10.6. The molecule has 2 atom stereocenters. The molecule has 2 amide bonds. The number of aromatic nitrogens is 2. The van der Waals surface area contributed by atoms with E-state index in [0.717, 1.165) is 0 Å². The number of anilines is 1. The minimum atomic E-state index is -5.28. The predicted octanol–water partition coefficient (Wildman–Crippen LogP) is 2.64. The molecule has 0 bridgehead atoms. The summed E-state index contributed by atoms with van der Waals surface area (Å²) in [7, 11) is 0. The van der Waals surface area contributed by atoms with Gasteiger partial charge in [0, 0.05) is 22.2 Å². The van der Waals surface area contributed by atoms with Crippen molar-refractivity contribution in [3.63, 3.8) is 0 Å². The van der Waals surface area contributed by atoms with E-state index in [1.165, 1.54) is 40.6 Å². The van der Waals surface area contributed by atoms with Crippen LogP contribution in [0.2, 0.25) is 0 Å². The molecule has 0 unspecified atom stereocenters. The van der Waals surface area contributed by atoms with Crippen LogP contribution >= 0.6 is 27.7 Å². The van der Waals surface area contributed by atoms with E-state index >= 15 is 0 Å². The van der Waals surface area contributed by atoms with Crippen LogP contribution in [0.5, 0.6) is 0 Å². The van der Waals surface area contributed by atoms with E-state index < -0.39 is 39.4 Å². The number of alkyl halides is 4. The van der Waals surface area contributed by atoms with Crippen LogP contribution in [-0.2, 0) is 16.9 Å². The summed E-state index contributed by atoms with van der Waals surface area (Å²) in [6, 6.07) is 7.14. The maximum atomic E-state index is 14.3. The first-order valence-electron chi connectivity index (χ1n) is 8.68. The minimum absolute atomic E-state index is 0.0842. The summed E-state index contributed by atoms with van der Waals surface area (Å²) in [5.41, 5.74) is -5.77. The van der Waals surface area contributed by atoms with E-state index in [9.17, 15) is 27.6 Å². The Kier molecular flexibility index (Phi) is 4.77. The van der Waals surface area contributed by atoms with Crippen LogP contribution < -0.4 is 16.2 Å². The van der Waals surface area contributed by atoms with E-state index in [4.69, 9.17) is 0 Å². The van der Waals surface area contributed by atoms with Crippen molar-refractivity contribution in [3.8, 4) is 0 Å². The Balaban J connectivity index is 1.90. The normalized spacial score (nSPS) is 24.9. The molecule has 158 valence electrons. The van der Waals surface area contributed by atoms with Gasteiger partial charge in [0.1, 0.15) is 11.4 Å². The second kappa shape index (κ2) is 6.84. The van der Waals surface area contributed by atoms with Gasteiger partial charge in [-0.3, -0.25) is 14.4 Å². The number of fused-ring (bicyclic) bond motifs is 3. The van der Waals surface area contributed by atoms with Gasteiger partial charge in [-0.1, -0.05) is 45.9 Å². The number of rotatable bonds is 3. The number of carbonyl (C=O) groups excluding carboxylic acids is 2. The topological polar surface area (TPSA) is 93.1 Å². The van der Waals surface area contributed by atoms with Crippen molar-refractivity contribution in [1.82, 2.24) is 14.9 Å². The minimum Gasteiger partial charge on any atom is -0.326 e. The molecule has 2 aliphatic heterocycles. The third-order valence-corrected chi connectivity index (χ3v) is 7.84. The quantitative estimate of drug-likeness (QED) is 0.497. The van der Waals surface area contributed by atoms with Gasteiger partial charge >= 0.3 is 6.18 Å². The molecule has 7 nitrogen and oxygen atoms in total. The molecule has 12 heteroatoms. The Morgan fingerprint density at radius 3 is 2.60 bits per heavy atom. The summed E-state index contributed by atoms with van der Waals surface area (Å²) >= 11 is 4.57. The van der Waals surface area contributed by atoms with E-state index in [1.807, 2.05) is 6.92 Å². The molecule has 4 rings (SSSR count). The van der Waals surface area contributed by atoms with Gasteiger partial charge in [-0.05, 0) is 19.1 Å². The average Bonchev–Trinajstić information content (AvgIpc) is 3.18. The highest BCUT2D eigenvalue weighted by molar-refractivity contribution is 9.09. The number of benzene rings is 1. The van der Waals surface area contributed by atoms with Crippen LogP contribution in [0, 0.1) is 0 Å². The monoisotopic (exact) mass is 502 g/mol. The zero-order chi connectivity index (χ0) is 21.9. The Morgan fingerprint density at radius 2 is 2.00 bits per heavy atom. The molecule has 0 saturated heterocycles. The molecule has 1 aromatic carbocycles. The van der Waals surface area contributed by atoms with Crippen LogP contribution in [0.1, 0.15) is 22.8 Å². The highest BCUT2D eigenvalue weighted by Crippen LogP contribution is 2.49. The molecule has 0 saturated carbocycles. The molecule has 1 aromatic heterocycles. The lowest BCUT2D eigenvalue weighted by molar-refractivity contribution is -0.196. The van der Waals surface area contributed by atoms with Crippen LogP contribution in [0.25, 0.3) is 0 Å². The molecular weight excluding hydrogens is 489 g/mol. The smallest absolute Gasteiger partial charge is 0.326 e. The number of hydrogen-bond acceptors (Lipinski definition) is 5. The van der Waals surface area contributed by atoms with Gasteiger partial charge < -0.3 is 15.2 Å². The fourth-order valence-corrected chi connectivity index (χ4v) is 5.10. The second-order valence-electron chi connectivity index (χ2n) is 7.22. The van der Waals surface area contributed by atoms with Gasteiger partial charge in [-0.25, -0.2) is 0 Å². The molecule has 2 N–H and O–H groups in total.